The Kier molecular flexibility index (Phi) is 4.89. The van der Waals surface area contributed by atoms with E-state index < -0.39 is 5.91 Å². The van der Waals surface area contributed by atoms with E-state index in [1.54, 1.807) is 0 Å². The number of hydrogen-bond acceptors (Lipinski definition) is 4. The van der Waals surface area contributed by atoms with Crippen LogP contribution in [0.5, 0.6) is 0 Å². The van der Waals surface area contributed by atoms with Gasteiger partial charge in [-0.25, -0.2) is 9.97 Å². The highest BCUT2D eigenvalue weighted by Crippen LogP contribution is 2.21. The number of aromatic nitrogens is 4. The first-order valence-electron chi connectivity index (χ1n) is 9.58. The van der Waals surface area contributed by atoms with Crippen molar-refractivity contribution >= 4 is 25.6 Å². The zero-order valence-corrected chi connectivity index (χ0v) is 16.1. The number of allylic oxidation sites excluding steroid dienone is 2. The summed E-state index contributed by atoms with van der Waals surface area (Å²) in [5.41, 5.74) is 4.55. The van der Waals surface area contributed by atoms with Gasteiger partial charge in [-0.05, 0) is 39.0 Å². The first-order chi connectivity index (χ1) is 13.5. The van der Waals surface area contributed by atoms with Crippen molar-refractivity contribution in [2.45, 2.75) is 45.1 Å². The van der Waals surface area contributed by atoms with Gasteiger partial charge in [0.15, 0.2) is 5.69 Å². The molecule has 4 rings (SSSR count). The molecule has 9 heteroatoms. The summed E-state index contributed by atoms with van der Waals surface area (Å²) in [5.74, 6) is -0.414. The van der Waals surface area contributed by atoms with E-state index in [1.165, 1.54) is 11.8 Å². The van der Waals surface area contributed by atoms with Crippen LogP contribution >= 0.6 is 0 Å². The molecule has 28 heavy (non-hydrogen) atoms. The molecule has 2 aliphatic carbocycles. The van der Waals surface area contributed by atoms with Crippen LogP contribution in [0.25, 0.3) is 0 Å². The fourth-order valence-electron chi connectivity index (χ4n) is 3.65. The number of H-pyrrole nitrogens is 2. The Hall–Kier alpha value is -3.10. The minimum absolute atomic E-state index is 0.0776. The number of nitrogens with one attached hydrogen (secondary N) is 4. The number of hydrogen-bond donors (Lipinski definition) is 4. The van der Waals surface area contributed by atoms with E-state index in [2.05, 4.69) is 30.6 Å². The number of aromatic amines is 2. The van der Waals surface area contributed by atoms with Crippen LogP contribution in [-0.2, 0) is 12.8 Å². The van der Waals surface area contributed by atoms with Crippen molar-refractivity contribution in [1.29, 1.82) is 0 Å². The summed E-state index contributed by atoms with van der Waals surface area (Å²) < 4.78 is 0. The van der Waals surface area contributed by atoms with Gasteiger partial charge in [0.1, 0.15) is 13.5 Å². The second-order valence-electron chi connectivity index (χ2n) is 7.45. The SMILES string of the molecule is BC1=CC=C(C)C(NC(=O)c2nc[nH]c2C(=O)Nc2nc3c([nH]2)CCCC3)C1. The summed E-state index contributed by atoms with van der Waals surface area (Å²) >= 11 is 0. The second kappa shape index (κ2) is 7.50. The Morgan fingerprint density at radius 1 is 1.21 bits per heavy atom. The van der Waals surface area contributed by atoms with Crippen LogP contribution in [-0.4, -0.2) is 45.6 Å². The van der Waals surface area contributed by atoms with E-state index in [-0.39, 0.29) is 23.3 Å². The summed E-state index contributed by atoms with van der Waals surface area (Å²) in [7, 11) is 2.03. The normalized spacial score (nSPS) is 18.7. The molecule has 0 radical (unpaired) electrons. The van der Waals surface area contributed by atoms with Crippen molar-refractivity contribution in [2.75, 3.05) is 5.32 Å². The van der Waals surface area contributed by atoms with Gasteiger partial charge in [-0.3, -0.25) is 14.9 Å². The van der Waals surface area contributed by atoms with Gasteiger partial charge >= 0.3 is 0 Å². The number of rotatable bonds is 4. The Bertz CT molecular complexity index is 963. The van der Waals surface area contributed by atoms with Crippen molar-refractivity contribution in [3.05, 3.63) is 52.3 Å². The number of carbonyl (C=O) groups excluding carboxylic acids is 2. The Balaban J connectivity index is 1.46. The van der Waals surface area contributed by atoms with Gasteiger partial charge in [-0.15, -0.1) is 5.47 Å². The molecule has 2 aromatic heterocycles. The number of imidazole rings is 2. The number of anilines is 1. The predicted octanol–water partition coefficient (Wildman–Crippen LogP) is 1.23. The molecule has 0 fully saturated rings. The third kappa shape index (κ3) is 3.65. The maximum absolute atomic E-state index is 12.7. The van der Waals surface area contributed by atoms with Crippen LogP contribution in [0.15, 0.2) is 29.5 Å². The number of fused-ring (bicyclic) bond motifs is 1. The third-order valence-corrected chi connectivity index (χ3v) is 5.28. The molecule has 0 aromatic carbocycles. The van der Waals surface area contributed by atoms with E-state index in [0.717, 1.165) is 49.1 Å². The van der Waals surface area contributed by atoms with Crippen LogP contribution in [0.1, 0.15) is 58.6 Å². The smallest absolute Gasteiger partial charge is 0.276 e. The molecule has 2 aliphatic rings. The maximum Gasteiger partial charge on any atom is 0.276 e. The molecule has 4 N–H and O–H groups in total. The standard InChI is InChI=1S/C19H23BN6O2/c1-10-6-7-11(20)8-14(10)23-17(27)15-16(22-9-21-15)18(28)26-19-24-12-4-2-3-5-13(12)25-19/h6-7,9,14H,2-5,8,20H2,1H3,(H,21,22)(H,23,27)(H2,24,25,26,28). The van der Waals surface area contributed by atoms with Gasteiger partial charge in [-0.2, -0.15) is 0 Å². The van der Waals surface area contributed by atoms with E-state index in [9.17, 15) is 9.59 Å². The first kappa shape index (κ1) is 18.3. The van der Waals surface area contributed by atoms with E-state index in [0.29, 0.717) is 5.95 Å². The Labute approximate surface area is 163 Å². The molecular formula is C19H23BN6O2. The average molecular weight is 378 g/mol. The first-order valence-corrected chi connectivity index (χ1v) is 9.58. The van der Waals surface area contributed by atoms with Gasteiger partial charge < -0.3 is 15.3 Å². The van der Waals surface area contributed by atoms with E-state index in [4.69, 9.17) is 0 Å². The number of nitrogens with zero attached hydrogens (tertiary/aromatic N) is 2. The predicted molar refractivity (Wildman–Crippen MR) is 108 cm³/mol. The lowest BCUT2D eigenvalue weighted by Crippen LogP contribution is -2.38. The monoisotopic (exact) mass is 378 g/mol. The molecular weight excluding hydrogens is 355 g/mol. The Morgan fingerprint density at radius 2 is 2.04 bits per heavy atom. The van der Waals surface area contributed by atoms with Crippen molar-refractivity contribution in [2.24, 2.45) is 0 Å². The molecule has 2 heterocycles. The minimum Gasteiger partial charge on any atom is -0.344 e. The van der Waals surface area contributed by atoms with Gasteiger partial charge in [0.2, 0.25) is 5.95 Å². The van der Waals surface area contributed by atoms with Crippen molar-refractivity contribution in [3.63, 3.8) is 0 Å². The van der Waals surface area contributed by atoms with Crippen LogP contribution in [0.3, 0.4) is 0 Å². The molecule has 0 spiro atoms. The molecule has 8 nitrogen and oxygen atoms in total. The maximum atomic E-state index is 12.7. The zero-order valence-electron chi connectivity index (χ0n) is 16.1. The molecule has 0 saturated carbocycles. The highest BCUT2D eigenvalue weighted by molar-refractivity contribution is 6.22. The fraction of sp³-hybridized carbons (Fsp3) is 0.368. The van der Waals surface area contributed by atoms with Crippen LogP contribution in [0.4, 0.5) is 5.95 Å². The van der Waals surface area contributed by atoms with Crippen LogP contribution in [0, 0.1) is 0 Å². The summed E-state index contributed by atoms with van der Waals surface area (Å²) in [4.78, 5) is 39.8. The molecule has 144 valence electrons. The van der Waals surface area contributed by atoms with E-state index in [1.807, 2.05) is 26.9 Å². The molecule has 1 unspecified atom stereocenters. The number of carbonyl (C=O) groups is 2. The Morgan fingerprint density at radius 3 is 2.86 bits per heavy atom. The van der Waals surface area contributed by atoms with E-state index >= 15 is 0 Å². The number of amides is 2. The minimum atomic E-state index is -0.444. The zero-order chi connectivity index (χ0) is 19.7. The third-order valence-electron chi connectivity index (χ3n) is 5.28. The van der Waals surface area contributed by atoms with Gasteiger partial charge in [0.05, 0.1) is 18.1 Å². The second-order valence-corrected chi connectivity index (χ2v) is 7.45. The molecule has 0 aliphatic heterocycles. The average Bonchev–Trinajstić information content (AvgIpc) is 3.31. The summed E-state index contributed by atoms with van der Waals surface area (Å²) in [5, 5.41) is 5.71. The molecule has 0 saturated heterocycles. The van der Waals surface area contributed by atoms with Gasteiger partial charge in [-0.1, -0.05) is 17.7 Å². The van der Waals surface area contributed by atoms with Crippen molar-refractivity contribution in [1.82, 2.24) is 25.3 Å². The van der Waals surface area contributed by atoms with Gasteiger partial charge in [0.25, 0.3) is 11.8 Å². The van der Waals surface area contributed by atoms with Crippen LogP contribution < -0.4 is 10.6 Å². The summed E-state index contributed by atoms with van der Waals surface area (Å²) in [6, 6.07) is -0.0955. The van der Waals surface area contributed by atoms with Crippen LogP contribution in [0.2, 0.25) is 0 Å². The summed E-state index contributed by atoms with van der Waals surface area (Å²) in [6.07, 6.45) is 10.2. The molecule has 1 atom stereocenters. The highest BCUT2D eigenvalue weighted by Gasteiger charge is 2.25. The lowest BCUT2D eigenvalue weighted by molar-refractivity contribution is 0.0925. The topological polar surface area (TPSA) is 116 Å². The molecule has 0 bridgehead atoms. The number of aryl methyl sites for hydroxylation is 2. The lowest BCUT2D eigenvalue weighted by atomic mass is 9.83. The quantitative estimate of drug-likeness (QED) is 0.599. The molecule has 2 aromatic rings. The van der Waals surface area contributed by atoms with Gasteiger partial charge in [0, 0.05) is 5.69 Å². The highest BCUT2D eigenvalue weighted by atomic mass is 16.2. The fourth-order valence-corrected chi connectivity index (χ4v) is 3.65. The summed E-state index contributed by atoms with van der Waals surface area (Å²) in [6.45, 7) is 1.98. The van der Waals surface area contributed by atoms with Crippen molar-refractivity contribution < 1.29 is 9.59 Å². The van der Waals surface area contributed by atoms with Crippen molar-refractivity contribution in [3.8, 4) is 0 Å². The largest absolute Gasteiger partial charge is 0.344 e. The lowest BCUT2D eigenvalue weighted by Gasteiger charge is -2.22. The molecule has 2 amide bonds.